The molecule has 0 fully saturated rings. The van der Waals surface area contributed by atoms with Crippen LogP contribution in [0, 0.1) is 12.0 Å². The Bertz CT molecular complexity index is 843. The van der Waals surface area contributed by atoms with Crippen LogP contribution in [0.5, 0.6) is 0 Å². The second kappa shape index (κ2) is 7.82. The summed E-state index contributed by atoms with van der Waals surface area (Å²) in [5.74, 6) is -1.10. The first-order valence-electron chi connectivity index (χ1n) is 8.12. The van der Waals surface area contributed by atoms with Crippen LogP contribution in [0.2, 0.25) is 0 Å². The standard InChI is InChI=1S/C18H20F2N4O3/c1-17(16(25)23-27,18(2,26)15(19)20)9-11-24-10-8-14(22-24)12-4-6-13(21-3)7-5-12/h4-8,10,15,26-27H,9,11H2,1-2H3,(H,23,25). The van der Waals surface area contributed by atoms with Crippen molar-refractivity contribution in [2.45, 2.75) is 38.8 Å². The number of halogens is 2. The number of carbonyl (C=O) groups excluding carboxylic acids is 1. The van der Waals surface area contributed by atoms with Gasteiger partial charge in [-0.1, -0.05) is 24.3 Å². The Morgan fingerprint density at radius 2 is 1.96 bits per heavy atom. The lowest BCUT2D eigenvalue weighted by Gasteiger charge is -2.40. The van der Waals surface area contributed by atoms with Crippen molar-refractivity contribution in [2.75, 3.05) is 0 Å². The van der Waals surface area contributed by atoms with Crippen LogP contribution >= 0.6 is 0 Å². The first-order chi connectivity index (χ1) is 12.7. The predicted molar refractivity (Wildman–Crippen MR) is 93.2 cm³/mol. The monoisotopic (exact) mass is 378 g/mol. The molecule has 0 saturated heterocycles. The lowest BCUT2D eigenvalue weighted by Crippen LogP contribution is -2.57. The molecule has 0 radical (unpaired) electrons. The molecule has 1 aromatic carbocycles. The number of hydroxylamine groups is 1. The maximum Gasteiger partial charge on any atom is 0.267 e. The van der Waals surface area contributed by atoms with E-state index in [0.29, 0.717) is 11.4 Å². The van der Waals surface area contributed by atoms with E-state index in [1.807, 2.05) is 0 Å². The molecule has 0 saturated carbocycles. The van der Waals surface area contributed by atoms with Crippen LogP contribution in [0.3, 0.4) is 0 Å². The third-order valence-electron chi connectivity index (χ3n) is 4.92. The summed E-state index contributed by atoms with van der Waals surface area (Å²) in [6, 6.07) is 8.51. The van der Waals surface area contributed by atoms with Crippen molar-refractivity contribution in [2.24, 2.45) is 5.41 Å². The van der Waals surface area contributed by atoms with Crippen molar-refractivity contribution in [3.05, 3.63) is 47.9 Å². The Hall–Kier alpha value is -2.83. The Labute approximate surface area is 155 Å². The van der Waals surface area contributed by atoms with Crippen LogP contribution in [-0.4, -0.2) is 38.0 Å². The van der Waals surface area contributed by atoms with E-state index < -0.39 is 23.3 Å². The zero-order valence-corrected chi connectivity index (χ0v) is 14.9. The highest BCUT2D eigenvalue weighted by molar-refractivity contribution is 5.82. The van der Waals surface area contributed by atoms with Gasteiger partial charge in [-0.3, -0.25) is 14.7 Å². The molecule has 1 heterocycles. The van der Waals surface area contributed by atoms with E-state index in [-0.39, 0.29) is 13.0 Å². The Morgan fingerprint density at radius 1 is 1.33 bits per heavy atom. The average Bonchev–Trinajstić information content (AvgIpc) is 3.14. The third kappa shape index (κ3) is 3.97. The second-order valence-corrected chi connectivity index (χ2v) is 6.59. The fourth-order valence-electron chi connectivity index (χ4n) is 2.65. The van der Waals surface area contributed by atoms with Crippen molar-refractivity contribution in [1.29, 1.82) is 0 Å². The Morgan fingerprint density at radius 3 is 2.48 bits per heavy atom. The minimum atomic E-state index is -3.19. The Kier molecular flexibility index (Phi) is 5.93. The number of rotatable bonds is 7. The molecule has 1 aromatic heterocycles. The van der Waals surface area contributed by atoms with E-state index in [4.69, 9.17) is 11.8 Å². The van der Waals surface area contributed by atoms with Crippen molar-refractivity contribution in [3.8, 4) is 11.3 Å². The van der Waals surface area contributed by atoms with Gasteiger partial charge in [-0.15, -0.1) is 0 Å². The molecule has 0 spiro atoms. The van der Waals surface area contributed by atoms with Gasteiger partial charge in [-0.05, 0) is 31.9 Å². The minimum Gasteiger partial charge on any atom is -0.383 e. The fraction of sp³-hybridized carbons (Fsp3) is 0.389. The highest BCUT2D eigenvalue weighted by atomic mass is 19.3. The molecule has 9 heteroatoms. The van der Waals surface area contributed by atoms with Crippen LogP contribution < -0.4 is 5.48 Å². The van der Waals surface area contributed by atoms with Gasteiger partial charge >= 0.3 is 0 Å². The molecular formula is C18H20F2N4O3. The summed E-state index contributed by atoms with van der Waals surface area (Å²) in [5.41, 5.74) is -1.35. The van der Waals surface area contributed by atoms with E-state index in [0.717, 1.165) is 19.4 Å². The van der Waals surface area contributed by atoms with Crippen LogP contribution in [0.1, 0.15) is 20.3 Å². The first kappa shape index (κ1) is 20.5. The van der Waals surface area contributed by atoms with Gasteiger partial charge in [0.15, 0.2) is 5.69 Å². The van der Waals surface area contributed by atoms with E-state index in [2.05, 4.69) is 9.94 Å². The smallest absolute Gasteiger partial charge is 0.267 e. The molecular weight excluding hydrogens is 358 g/mol. The summed E-state index contributed by atoms with van der Waals surface area (Å²) < 4.78 is 28.0. The molecule has 7 nitrogen and oxygen atoms in total. The van der Waals surface area contributed by atoms with Gasteiger partial charge in [-0.25, -0.2) is 19.1 Å². The number of alkyl halides is 2. The van der Waals surface area contributed by atoms with Gasteiger partial charge in [0.25, 0.3) is 12.3 Å². The van der Waals surface area contributed by atoms with Gasteiger partial charge in [0.05, 0.1) is 17.7 Å². The molecule has 0 aliphatic rings. The summed E-state index contributed by atoms with van der Waals surface area (Å²) in [7, 11) is 0. The van der Waals surface area contributed by atoms with E-state index >= 15 is 0 Å². The molecule has 144 valence electrons. The highest BCUT2D eigenvalue weighted by Gasteiger charge is 2.54. The topological polar surface area (TPSA) is 91.7 Å². The minimum absolute atomic E-state index is 0.0624. The summed E-state index contributed by atoms with van der Waals surface area (Å²) in [6.45, 7) is 9.04. The number of amides is 1. The number of nitrogens with zero attached hydrogens (tertiary/aromatic N) is 3. The molecule has 3 N–H and O–H groups in total. The molecule has 0 bridgehead atoms. The second-order valence-electron chi connectivity index (χ2n) is 6.59. The van der Waals surface area contributed by atoms with Crippen molar-refractivity contribution in [1.82, 2.24) is 15.3 Å². The van der Waals surface area contributed by atoms with Gasteiger partial charge < -0.3 is 5.11 Å². The number of aromatic nitrogens is 2. The van der Waals surface area contributed by atoms with Crippen molar-refractivity contribution in [3.63, 3.8) is 0 Å². The molecule has 2 unspecified atom stereocenters. The molecule has 27 heavy (non-hydrogen) atoms. The van der Waals surface area contributed by atoms with E-state index in [9.17, 15) is 18.7 Å². The molecule has 1 amide bonds. The zero-order valence-electron chi connectivity index (χ0n) is 14.9. The van der Waals surface area contributed by atoms with Gasteiger partial charge in [0.2, 0.25) is 0 Å². The number of nitrogens with one attached hydrogen (secondary N) is 1. The number of hydrogen-bond acceptors (Lipinski definition) is 4. The molecule has 0 aliphatic heterocycles. The maximum absolute atomic E-state index is 13.3. The van der Waals surface area contributed by atoms with Gasteiger partial charge in [-0.2, -0.15) is 5.10 Å². The quantitative estimate of drug-likeness (QED) is 0.392. The SMILES string of the molecule is [C-]#[N+]c1ccc(-c2ccn(CCC(C)(C(=O)NO)C(C)(O)C(F)F)n2)cc1. The fourth-order valence-corrected chi connectivity index (χ4v) is 2.65. The van der Waals surface area contributed by atoms with Crippen LogP contribution in [-0.2, 0) is 11.3 Å². The normalized spacial score (nSPS) is 15.6. The number of carbonyl (C=O) groups is 1. The predicted octanol–water partition coefficient (Wildman–Crippen LogP) is 3.02. The van der Waals surface area contributed by atoms with Crippen LogP contribution in [0.25, 0.3) is 16.1 Å². The van der Waals surface area contributed by atoms with Gasteiger partial charge in [0.1, 0.15) is 5.60 Å². The maximum atomic E-state index is 13.3. The highest BCUT2D eigenvalue weighted by Crippen LogP contribution is 2.39. The lowest BCUT2D eigenvalue weighted by molar-refractivity contribution is -0.183. The number of benzene rings is 1. The van der Waals surface area contributed by atoms with E-state index in [1.165, 1.54) is 10.2 Å². The summed E-state index contributed by atoms with van der Waals surface area (Å²) in [6.07, 6.45) is -1.75. The van der Waals surface area contributed by atoms with Gasteiger partial charge in [0, 0.05) is 12.7 Å². The third-order valence-corrected chi connectivity index (χ3v) is 4.92. The summed E-state index contributed by atoms with van der Waals surface area (Å²) in [5, 5.41) is 23.4. The van der Waals surface area contributed by atoms with Crippen LogP contribution in [0.15, 0.2) is 36.5 Å². The first-order valence-corrected chi connectivity index (χ1v) is 8.12. The number of aliphatic hydroxyl groups is 1. The zero-order chi connectivity index (χ0) is 20.2. The molecule has 2 rings (SSSR count). The van der Waals surface area contributed by atoms with Crippen LogP contribution in [0.4, 0.5) is 14.5 Å². The largest absolute Gasteiger partial charge is 0.383 e. The van der Waals surface area contributed by atoms with E-state index in [1.54, 1.807) is 36.5 Å². The summed E-state index contributed by atoms with van der Waals surface area (Å²) in [4.78, 5) is 15.3. The van der Waals surface area contributed by atoms with Crippen molar-refractivity contribution < 1.29 is 23.9 Å². The lowest BCUT2D eigenvalue weighted by atomic mass is 9.71. The molecule has 2 atom stereocenters. The Balaban J connectivity index is 2.20. The molecule has 2 aromatic rings. The summed E-state index contributed by atoms with van der Waals surface area (Å²) >= 11 is 0. The van der Waals surface area contributed by atoms with Crippen molar-refractivity contribution >= 4 is 11.6 Å². The average molecular weight is 378 g/mol. The molecule has 0 aliphatic carbocycles. The number of aryl methyl sites for hydroxylation is 1. The number of hydrogen-bond donors (Lipinski definition) is 3.